The number of carbonyl (C=O) groups is 4. The highest BCUT2D eigenvalue weighted by atomic mass is 35.5. The minimum atomic E-state index is -1.47. The Hall–Kier alpha value is -4.47. The zero-order valence-corrected chi connectivity index (χ0v) is 28.4. The number of alkyl carbamates (subject to hydrolysis) is 1. The maximum absolute atomic E-state index is 14.3. The number of aliphatic hydroxyl groups is 1. The summed E-state index contributed by atoms with van der Waals surface area (Å²) >= 11 is 5.83. The van der Waals surface area contributed by atoms with E-state index in [-0.39, 0.29) is 59.9 Å². The van der Waals surface area contributed by atoms with Gasteiger partial charge in [0.1, 0.15) is 29.9 Å². The Morgan fingerprint density at radius 2 is 1.94 bits per heavy atom. The van der Waals surface area contributed by atoms with Crippen LogP contribution in [0.2, 0.25) is 5.02 Å². The number of nitrogens with zero attached hydrogens (tertiary/aromatic N) is 4. The van der Waals surface area contributed by atoms with E-state index >= 15 is 0 Å². The lowest BCUT2D eigenvalue weighted by Gasteiger charge is -2.33. The van der Waals surface area contributed by atoms with Crippen molar-refractivity contribution in [2.24, 2.45) is 5.73 Å². The molecule has 2 heterocycles. The van der Waals surface area contributed by atoms with Crippen LogP contribution in [0.3, 0.4) is 0 Å². The van der Waals surface area contributed by atoms with Crippen LogP contribution >= 0.6 is 11.6 Å². The van der Waals surface area contributed by atoms with Gasteiger partial charge in [-0.25, -0.2) is 14.0 Å². The van der Waals surface area contributed by atoms with E-state index < -0.39 is 29.6 Å². The second-order valence-electron chi connectivity index (χ2n) is 13.3. The van der Waals surface area contributed by atoms with Crippen LogP contribution in [0.25, 0.3) is 10.9 Å². The van der Waals surface area contributed by atoms with Crippen LogP contribution in [0.1, 0.15) is 63.9 Å². The number of fused-ring (bicyclic) bond motifs is 1. The Kier molecular flexibility index (Phi) is 10.9. The number of nitrogens with one attached hydrogen (secondary N) is 3. The minimum absolute atomic E-state index is 0.0470. The molecule has 1 saturated heterocycles. The van der Waals surface area contributed by atoms with Gasteiger partial charge in [0.2, 0.25) is 11.8 Å². The summed E-state index contributed by atoms with van der Waals surface area (Å²) in [5.74, 6) is -1.44. The topological polar surface area (TPSA) is 184 Å². The third kappa shape index (κ3) is 9.37. The monoisotopic (exact) mass is 700 g/mol. The molecule has 5 rings (SSSR count). The third-order valence-electron chi connectivity index (χ3n) is 8.15. The number of urea groups is 1. The van der Waals surface area contributed by atoms with Crippen LogP contribution in [0.15, 0.2) is 36.4 Å². The normalized spacial score (nSPS) is 17.0. The molecule has 2 fully saturated rings. The molecule has 0 spiro atoms. The van der Waals surface area contributed by atoms with Crippen LogP contribution in [-0.2, 0) is 27.4 Å². The molecule has 2 aliphatic rings. The molecule has 1 saturated carbocycles. The van der Waals surface area contributed by atoms with Crippen LogP contribution in [-0.4, -0.2) is 85.9 Å². The van der Waals surface area contributed by atoms with Gasteiger partial charge >= 0.3 is 12.1 Å². The lowest BCUT2D eigenvalue weighted by Crippen LogP contribution is -2.51. The highest BCUT2D eigenvalue weighted by Crippen LogP contribution is 2.29. The molecule has 1 aliphatic carbocycles. The summed E-state index contributed by atoms with van der Waals surface area (Å²) in [6.07, 6.45) is 0.874. The molecule has 16 heteroatoms. The van der Waals surface area contributed by atoms with Gasteiger partial charge in [0, 0.05) is 48.4 Å². The molecule has 264 valence electrons. The van der Waals surface area contributed by atoms with Crippen molar-refractivity contribution in [1.29, 1.82) is 0 Å². The summed E-state index contributed by atoms with van der Waals surface area (Å²) in [6.45, 7) is 5.59. The first-order valence-corrected chi connectivity index (χ1v) is 16.5. The van der Waals surface area contributed by atoms with Crippen molar-refractivity contribution < 1.29 is 33.4 Å². The van der Waals surface area contributed by atoms with E-state index in [4.69, 9.17) is 22.1 Å². The number of nitrogens with two attached hydrogens (primary N) is 1. The van der Waals surface area contributed by atoms with Crippen molar-refractivity contribution in [3.05, 3.63) is 58.5 Å². The van der Waals surface area contributed by atoms with E-state index in [1.807, 2.05) is 0 Å². The van der Waals surface area contributed by atoms with Gasteiger partial charge in [-0.3, -0.25) is 14.3 Å². The van der Waals surface area contributed by atoms with Gasteiger partial charge < -0.3 is 41.3 Å². The fourth-order valence-electron chi connectivity index (χ4n) is 5.69. The SMILES string of the molecule is CC(C)(C)OC(=O)N[C@@H]1CCCN(C(=O)Nc2ccc3c(c2)c(C(N)O)nn3CC(=O)N(CC(=O)NCc2cccc(Cl)c2F)C2CC2)C1. The number of hydrogen-bond acceptors (Lipinski definition) is 8. The van der Waals surface area contributed by atoms with Crippen molar-refractivity contribution in [1.82, 2.24) is 30.2 Å². The van der Waals surface area contributed by atoms with Gasteiger partial charge in [-0.2, -0.15) is 5.10 Å². The highest BCUT2D eigenvalue weighted by Gasteiger charge is 2.34. The van der Waals surface area contributed by atoms with E-state index in [0.29, 0.717) is 42.5 Å². The number of piperidine rings is 1. The Labute approximate surface area is 288 Å². The first-order chi connectivity index (χ1) is 23.2. The number of hydrogen-bond donors (Lipinski definition) is 5. The fraction of sp³-hybridized carbons (Fsp3) is 0.485. The number of aliphatic hydroxyl groups excluding tert-OH is 1. The minimum Gasteiger partial charge on any atom is -0.444 e. The molecule has 49 heavy (non-hydrogen) atoms. The Bertz CT molecular complexity index is 1720. The van der Waals surface area contributed by atoms with Crippen LogP contribution in [0.4, 0.5) is 19.7 Å². The largest absolute Gasteiger partial charge is 0.444 e. The van der Waals surface area contributed by atoms with E-state index in [0.717, 1.165) is 12.8 Å². The molecule has 1 aliphatic heterocycles. The van der Waals surface area contributed by atoms with Gasteiger partial charge in [0.25, 0.3) is 0 Å². The second-order valence-corrected chi connectivity index (χ2v) is 13.7. The number of rotatable bonds is 10. The molecule has 14 nitrogen and oxygen atoms in total. The second kappa shape index (κ2) is 15.0. The number of halogens is 2. The average molecular weight is 701 g/mol. The van der Waals surface area contributed by atoms with Gasteiger partial charge in [-0.15, -0.1) is 0 Å². The zero-order chi connectivity index (χ0) is 35.5. The Balaban J connectivity index is 1.23. The fourth-order valence-corrected chi connectivity index (χ4v) is 5.89. The molecule has 2 atom stereocenters. The summed E-state index contributed by atoms with van der Waals surface area (Å²) in [5, 5.41) is 23.4. The number of likely N-dealkylation sites (tertiary alicyclic amines) is 1. The third-order valence-corrected chi connectivity index (χ3v) is 8.45. The number of anilines is 1. The molecular weight excluding hydrogens is 659 g/mol. The Morgan fingerprint density at radius 1 is 1.18 bits per heavy atom. The van der Waals surface area contributed by atoms with E-state index in [1.54, 1.807) is 49.9 Å². The Morgan fingerprint density at radius 3 is 2.63 bits per heavy atom. The molecule has 1 unspecified atom stereocenters. The predicted octanol–water partition coefficient (Wildman–Crippen LogP) is 3.61. The number of carbonyl (C=O) groups excluding carboxylic acids is 4. The molecule has 0 radical (unpaired) electrons. The van der Waals surface area contributed by atoms with Gasteiger partial charge in [0.15, 0.2) is 0 Å². The van der Waals surface area contributed by atoms with Gasteiger partial charge in [-0.05, 0) is 70.7 Å². The lowest BCUT2D eigenvalue weighted by molar-refractivity contribution is -0.137. The predicted molar refractivity (Wildman–Crippen MR) is 180 cm³/mol. The summed E-state index contributed by atoms with van der Waals surface area (Å²) in [7, 11) is 0. The number of aromatic nitrogens is 2. The molecule has 5 amide bonds. The van der Waals surface area contributed by atoms with Gasteiger partial charge in [0.05, 0.1) is 17.1 Å². The average Bonchev–Trinajstić information content (AvgIpc) is 3.81. The maximum Gasteiger partial charge on any atom is 0.407 e. The lowest BCUT2D eigenvalue weighted by atomic mass is 10.1. The summed E-state index contributed by atoms with van der Waals surface area (Å²) in [6, 6.07) is 8.70. The molecule has 6 N–H and O–H groups in total. The van der Waals surface area contributed by atoms with Crippen molar-refractivity contribution in [2.45, 2.75) is 83.5 Å². The van der Waals surface area contributed by atoms with Crippen molar-refractivity contribution in [2.75, 3.05) is 25.0 Å². The smallest absolute Gasteiger partial charge is 0.407 e. The first kappa shape index (κ1) is 35.8. The van der Waals surface area contributed by atoms with Crippen LogP contribution in [0, 0.1) is 5.82 Å². The van der Waals surface area contributed by atoms with E-state index in [1.165, 1.54) is 21.7 Å². The van der Waals surface area contributed by atoms with E-state index in [9.17, 15) is 28.7 Å². The molecule has 0 bridgehead atoms. The van der Waals surface area contributed by atoms with E-state index in [2.05, 4.69) is 21.0 Å². The quantitative estimate of drug-likeness (QED) is 0.199. The molecule has 2 aromatic carbocycles. The molecular formula is C33H42ClFN8O6. The highest BCUT2D eigenvalue weighted by molar-refractivity contribution is 6.30. The number of benzene rings is 2. The molecule has 3 aromatic rings. The summed E-state index contributed by atoms with van der Waals surface area (Å²) in [4.78, 5) is 54.8. The van der Waals surface area contributed by atoms with Crippen molar-refractivity contribution >= 4 is 52.1 Å². The number of amides is 5. The zero-order valence-electron chi connectivity index (χ0n) is 27.7. The maximum atomic E-state index is 14.3. The summed E-state index contributed by atoms with van der Waals surface area (Å²) < 4.78 is 21.0. The van der Waals surface area contributed by atoms with Crippen LogP contribution in [0.5, 0.6) is 0 Å². The number of ether oxygens (including phenoxy) is 1. The summed E-state index contributed by atoms with van der Waals surface area (Å²) in [5.41, 5.74) is 6.43. The van der Waals surface area contributed by atoms with Crippen molar-refractivity contribution in [3.8, 4) is 0 Å². The standard InChI is InChI=1S/C33H42ClFN8O6/c1-33(2,3)49-32(48)39-21-7-5-13-41(16-21)31(47)38-20-9-12-25-23(14-20)29(30(36)46)40-43(25)18-27(45)42(22-10-11-22)17-26(44)37-15-19-6-4-8-24(34)28(19)35/h4,6,8-9,12,14,21-22,30,46H,5,7,10-11,13,15-18,36H2,1-3H3,(H,37,44)(H,38,47)(H,39,48)/t21-,30?/m1/s1. The van der Waals surface area contributed by atoms with Gasteiger partial charge in [-0.1, -0.05) is 23.7 Å². The first-order valence-electron chi connectivity index (χ1n) is 16.2. The van der Waals surface area contributed by atoms with Crippen molar-refractivity contribution in [3.63, 3.8) is 0 Å². The molecule has 1 aromatic heterocycles. The van der Waals surface area contributed by atoms with Crippen LogP contribution < -0.4 is 21.7 Å².